The fourth-order valence-electron chi connectivity index (χ4n) is 2.10. The van der Waals surface area contributed by atoms with Gasteiger partial charge in [0.05, 0.1) is 17.2 Å². The molecule has 0 aromatic heterocycles. The monoisotopic (exact) mass is 304 g/mol. The highest BCUT2D eigenvalue weighted by Gasteiger charge is 2.28. The number of benzene rings is 1. The zero-order chi connectivity index (χ0) is 15.5. The van der Waals surface area contributed by atoms with Gasteiger partial charge in [-0.3, -0.25) is 0 Å². The predicted molar refractivity (Wildman–Crippen MR) is 76.6 cm³/mol. The summed E-state index contributed by atoms with van der Waals surface area (Å²) >= 11 is 0. The van der Waals surface area contributed by atoms with Crippen molar-refractivity contribution in [3.63, 3.8) is 0 Å². The fraction of sp³-hybridized carbons (Fsp3) is 0.538. The van der Waals surface area contributed by atoms with Crippen LogP contribution in [0.4, 0.5) is 10.1 Å². The van der Waals surface area contributed by atoms with Gasteiger partial charge in [0, 0.05) is 20.2 Å². The van der Waals surface area contributed by atoms with E-state index in [1.807, 2.05) is 0 Å². The van der Waals surface area contributed by atoms with Crippen LogP contribution in [0.25, 0.3) is 0 Å². The van der Waals surface area contributed by atoms with Crippen LogP contribution in [0.2, 0.25) is 0 Å². The van der Waals surface area contributed by atoms with Gasteiger partial charge >= 0.3 is 0 Å². The van der Waals surface area contributed by atoms with E-state index in [4.69, 9.17) is 10.5 Å². The zero-order valence-electron chi connectivity index (χ0n) is 12.2. The Labute approximate surface area is 119 Å². The molecule has 1 aromatic rings. The van der Waals surface area contributed by atoms with E-state index in [2.05, 4.69) is 0 Å². The molecule has 0 aliphatic heterocycles. The quantitative estimate of drug-likeness (QED) is 0.812. The molecular weight excluding hydrogens is 283 g/mol. The number of hydrogen-bond acceptors (Lipinski definition) is 4. The van der Waals surface area contributed by atoms with Crippen LogP contribution in [-0.4, -0.2) is 39.5 Å². The van der Waals surface area contributed by atoms with Crippen LogP contribution >= 0.6 is 0 Å². The molecule has 0 heterocycles. The molecule has 0 unspecified atom stereocenters. The summed E-state index contributed by atoms with van der Waals surface area (Å²) in [6.07, 6.45) is 0. The lowest BCUT2D eigenvalue weighted by Gasteiger charge is -2.23. The summed E-state index contributed by atoms with van der Waals surface area (Å²) in [4.78, 5) is 0.0781. The first-order chi connectivity index (χ1) is 9.27. The number of nitrogens with zero attached hydrogens (tertiary/aromatic N) is 1. The summed E-state index contributed by atoms with van der Waals surface area (Å²) in [6.45, 7) is 5.66. The number of sulfonamides is 1. The van der Waals surface area contributed by atoms with Gasteiger partial charge in [-0.15, -0.1) is 0 Å². The van der Waals surface area contributed by atoms with Gasteiger partial charge in [-0.25, -0.2) is 12.8 Å². The summed E-state index contributed by atoms with van der Waals surface area (Å²) in [5, 5.41) is 0. The first-order valence-corrected chi connectivity index (χ1v) is 7.75. The zero-order valence-corrected chi connectivity index (χ0v) is 13.1. The Morgan fingerprint density at radius 2 is 2.00 bits per heavy atom. The molecule has 0 spiro atoms. The highest BCUT2D eigenvalue weighted by molar-refractivity contribution is 7.89. The molecule has 0 aliphatic rings. The molecule has 1 aromatic carbocycles. The SMILES string of the molecule is CCN(CCOC)S(=O)(=O)c1c(C)cc(F)c(N)c1C. The first kappa shape index (κ1) is 16.9. The van der Waals surface area contributed by atoms with Crippen LogP contribution in [0.1, 0.15) is 18.1 Å². The van der Waals surface area contributed by atoms with E-state index in [1.165, 1.54) is 18.3 Å². The van der Waals surface area contributed by atoms with Crippen molar-refractivity contribution in [2.24, 2.45) is 0 Å². The molecule has 5 nitrogen and oxygen atoms in total. The molecule has 0 fully saturated rings. The lowest BCUT2D eigenvalue weighted by Crippen LogP contribution is -2.34. The Hall–Kier alpha value is -1.18. The van der Waals surface area contributed by atoms with Crippen LogP contribution < -0.4 is 5.73 Å². The normalized spacial score (nSPS) is 12.1. The van der Waals surface area contributed by atoms with E-state index in [1.54, 1.807) is 13.8 Å². The second kappa shape index (κ2) is 6.51. The number of methoxy groups -OCH3 is 1. The number of nitrogen functional groups attached to an aromatic ring is 1. The third kappa shape index (κ3) is 3.11. The molecule has 0 amide bonds. The standard InChI is InChI=1S/C13H21FN2O3S/c1-5-16(6-7-19-4)20(17,18)13-9(2)8-11(14)12(15)10(13)3/h8H,5-7,15H2,1-4H3. The predicted octanol–water partition coefficient (Wildman–Crippen LogP) is 1.68. The average molecular weight is 304 g/mol. The lowest BCUT2D eigenvalue weighted by molar-refractivity contribution is 0.180. The van der Waals surface area contributed by atoms with Crippen LogP contribution in [0.15, 0.2) is 11.0 Å². The van der Waals surface area contributed by atoms with Gasteiger partial charge in [0.25, 0.3) is 0 Å². The van der Waals surface area contributed by atoms with Crippen LogP contribution in [0.3, 0.4) is 0 Å². The number of nitrogens with two attached hydrogens (primary N) is 1. The van der Waals surface area contributed by atoms with E-state index in [0.29, 0.717) is 18.7 Å². The summed E-state index contributed by atoms with van der Waals surface area (Å²) in [5.41, 5.74) is 6.08. The van der Waals surface area contributed by atoms with Gasteiger partial charge in [0.15, 0.2) is 0 Å². The van der Waals surface area contributed by atoms with E-state index in [0.717, 1.165) is 6.07 Å². The van der Waals surface area contributed by atoms with Gasteiger partial charge < -0.3 is 10.5 Å². The minimum absolute atomic E-state index is 0.0781. The second-order valence-corrected chi connectivity index (χ2v) is 6.41. The number of ether oxygens (including phenoxy) is 1. The topological polar surface area (TPSA) is 72.6 Å². The van der Waals surface area contributed by atoms with E-state index < -0.39 is 15.8 Å². The largest absolute Gasteiger partial charge is 0.396 e. The number of rotatable bonds is 6. The number of hydrogen-bond donors (Lipinski definition) is 1. The molecule has 1 rings (SSSR count). The second-order valence-electron chi connectivity index (χ2n) is 4.53. The molecule has 0 saturated heterocycles. The van der Waals surface area contributed by atoms with Crippen LogP contribution in [0, 0.1) is 19.7 Å². The van der Waals surface area contributed by atoms with Gasteiger partial charge in [-0.2, -0.15) is 4.31 Å². The van der Waals surface area contributed by atoms with Gasteiger partial charge in [0.2, 0.25) is 10.0 Å². The first-order valence-electron chi connectivity index (χ1n) is 6.31. The molecule has 0 radical (unpaired) electrons. The smallest absolute Gasteiger partial charge is 0.243 e. The average Bonchev–Trinajstić information content (AvgIpc) is 2.36. The van der Waals surface area contributed by atoms with Gasteiger partial charge in [0.1, 0.15) is 5.82 Å². The van der Waals surface area contributed by atoms with Gasteiger partial charge in [-0.1, -0.05) is 6.92 Å². The van der Waals surface area contributed by atoms with Crippen molar-refractivity contribution in [3.8, 4) is 0 Å². The number of halogens is 1. The Morgan fingerprint density at radius 1 is 1.40 bits per heavy atom. The van der Waals surface area contributed by atoms with E-state index in [9.17, 15) is 12.8 Å². The van der Waals surface area contributed by atoms with Crippen molar-refractivity contribution in [2.75, 3.05) is 32.5 Å². The van der Waals surface area contributed by atoms with Crippen LogP contribution in [0.5, 0.6) is 0 Å². The highest BCUT2D eigenvalue weighted by Crippen LogP contribution is 2.29. The summed E-state index contributed by atoms with van der Waals surface area (Å²) in [6, 6.07) is 1.15. The molecule has 0 atom stereocenters. The Balaban J connectivity index is 3.38. The maximum Gasteiger partial charge on any atom is 0.243 e. The minimum atomic E-state index is -3.72. The maximum absolute atomic E-state index is 13.5. The van der Waals surface area contributed by atoms with Crippen molar-refractivity contribution in [3.05, 3.63) is 23.0 Å². The number of likely N-dealkylation sites (N-methyl/N-ethyl adjacent to an activating group) is 1. The third-order valence-corrected chi connectivity index (χ3v) is 5.46. The van der Waals surface area contributed by atoms with Gasteiger partial charge in [-0.05, 0) is 31.0 Å². The van der Waals surface area contributed by atoms with Crippen molar-refractivity contribution >= 4 is 15.7 Å². The summed E-state index contributed by atoms with van der Waals surface area (Å²) < 4.78 is 45.1. The Bertz CT molecular complexity index is 588. The van der Waals surface area contributed by atoms with Crippen LogP contribution in [-0.2, 0) is 14.8 Å². The van der Waals surface area contributed by atoms with Crippen molar-refractivity contribution in [2.45, 2.75) is 25.7 Å². The van der Waals surface area contributed by atoms with E-state index >= 15 is 0 Å². The fourth-order valence-corrected chi connectivity index (χ4v) is 3.97. The molecular formula is C13H21FN2O3S. The Kier molecular flexibility index (Phi) is 5.50. The van der Waals surface area contributed by atoms with Crippen molar-refractivity contribution in [1.29, 1.82) is 0 Å². The Morgan fingerprint density at radius 3 is 2.50 bits per heavy atom. The molecule has 20 heavy (non-hydrogen) atoms. The minimum Gasteiger partial charge on any atom is -0.396 e. The van der Waals surface area contributed by atoms with E-state index in [-0.39, 0.29) is 22.7 Å². The highest BCUT2D eigenvalue weighted by atomic mass is 32.2. The lowest BCUT2D eigenvalue weighted by atomic mass is 10.1. The molecule has 7 heteroatoms. The summed E-state index contributed by atoms with van der Waals surface area (Å²) in [7, 11) is -2.21. The number of anilines is 1. The summed E-state index contributed by atoms with van der Waals surface area (Å²) in [5.74, 6) is -0.598. The number of aryl methyl sites for hydroxylation is 1. The molecule has 114 valence electrons. The molecule has 0 saturated carbocycles. The molecule has 0 bridgehead atoms. The maximum atomic E-state index is 13.5. The third-order valence-electron chi connectivity index (χ3n) is 3.20. The molecule has 2 N–H and O–H groups in total. The van der Waals surface area contributed by atoms with Crippen molar-refractivity contribution < 1.29 is 17.5 Å². The molecule has 0 aliphatic carbocycles. The van der Waals surface area contributed by atoms with Crippen molar-refractivity contribution in [1.82, 2.24) is 4.31 Å².